The Kier molecular flexibility index (Phi) is 6.25. The molecule has 13 nitrogen and oxygen atoms in total. The molecule has 0 bridgehead atoms. The maximum atomic E-state index is 13.5. The van der Waals surface area contributed by atoms with Gasteiger partial charge < -0.3 is 42.2 Å². The summed E-state index contributed by atoms with van der Waals surface area (Å²) in [5.41, 5.74) is 12.2. The molecule has 5 heterocycles. The van der Waals surface area contributed by atoms with Gasteiger partial charge in [-0.05, 0) is 30.0 Å². The first-order valence-electron chi connectivity index (χ1n) is 13.4. The molecule has 2 amide bonds. The quantitative estimate of drug-likeness (QED) is 0.251. The minimum absolute atomic E-state index is 0.0382. The van der Waals surface area contributed by atoms with Gasteiger partial charge in [-0.15, -0.1) is 0 Å². The Labute approximate surface area is 235 Å². The molecule has 2 unspecified atom stereocenters. The summed E-state index contributed by atoms with van der Waals surface area (Å²) in [7, 11) is 0. The van der Waals surface area contributed by atoms with Crippen LogP contribution in [0.4, 0.5) is 4.39 Å². The number of ether oxygens (including phenoxy) is 1. The van der Waals surface area contributed by atoms with Crippen LogP contribution < -0.4 is 32.2 Å². The van der Waals surface area contributed by atoms with Gasteiger partial charge in [0.15, 0.2) is 17.6 Å². The topological polar surface area (TPSA) is 193 Å². The fraction of sp³-hybridized carbons (Fsp3) is 0.444. The van der Waals surface area contributed by atoms with Gasteiger partial charge in [0, 0.05) is 18.7 Å². The molecule has 0 aliphatic carbocycles. The molecule has 14 heteroatoms. The lowest BCUT2D eigenvalue weighted by Gasteiger charge is -2.46. The van der Waals surface area contributed by atoms with E-state index in [0.717, 1.165) is 18.1 Å². The SMILES string of the molecule is CC1(C)CCOc2c(C(=O)N[C@@H]3CN4C(N)=N[C@@H](CNC(=O)c5cccc(F)n5)C5N=C(N)NC54[C@@H]3O)cccc21. The van der Waals surface area contributed by atoms with Crippen molar-refractivity contribution in [2.75, 3.05) is 19.7 Å². The second-order valence-electron chi connectivity index (χ2n) is 11.3. The number of nitrogens with two attached hydrogens (primary N) is 2. The number of aliphatic imine (C=N–C) groups is 2. The molecule has 4 aliphatic heterocycles. The van der Waals surface area contributed by atoms with E-state index in [-0.39, 0.29) is 36.1 Å². The molecule has 8 N–H and O–H groups in total. The first-order chi connectivity index (χ1) is 19.5. The van der Waals surface area contributed by atoms with Crippen LogP contribution in [0, 0.1) is 5.95 Å². The van der Waals surface area contributed by atoms with E-state index in [9.17, 15) is 19.1 Å². The van der Waals surface area contributed by atoms with E-state index in [4.69, 9.17) is 16.2 Å². The van der Waals surface area contributed by atoms with Gasteiger partial charge in [0.25, 0.3) is 11.8 Å². The Morgan fingerprint density at radius 2 is 1.98 bits per heavy atom. The van der Waals surface area contributed by atoms with Crippen LogP contribution in [-0.2, 0) is 5.41 Å². The van der Waals surface area contributed by atoms with E-state index in [1.807, 2.05) is 12.1 Å². The molecular formula is C27H32FN9O4. The number of aliphatic hydroxyl groups is 1. The zero-order valence-corrected chi connectivity index (χ0v) is 22.6. The van der Waals surface area contributed by atoms with Crippen molar-refractivity contribution in [3.63, 3.8) is 0 Å². The minimum Gasteiger partial charge on any atom is -0.492 e. The summed E-state index contributed by atoms with van der Waals surface area (Å²) in [5, 5.41) is 20.4. The number of hydrogen-bond acceptors (Lipinski definition) is 11. The van der Waals surface area contributed by atoms with Gasteiger partial charge in [-0.1, -0.05) is 32.0 Å². The largest absolute Gasteiger partial charge is 0.492 e. The highest BCUT2D eigenvalue weighted by molar-refractivity contribution is 5.98. The van der Waals surface area contributed by atoms with Crippen molar-refractivity contribution in [1.82, 2.24) is 25.8 Å². The van der Waals surface area contributed by atoms with Crippen molar-refractivity contribution in [3.8, 4) is 5.75 Å². The second-order valence-corrected chi connectivity index (χ2v) is 11.3. The number of carbonyl (C=O) groups is 2. The molecule has 216 valence electrons. The zero-order chi connectivity index (χ0) is 29.1. The molecule has 2 aromatic rings. The van der Waals surface area contributed by atoms with Gasteiger partial charge in [0.1, 0.15) is 23.6 Å². The van der Waals surface area contributed by atoms with Crippen LogP contribution in [0.5, 0.6) is 5.75 Å². The summed E-state index contributed by atoms with van der Waals surface area (Å²) in [4.78, 5) is 40.4. The Hall–Kier alpha value is -4.46. The molecule has 4 aliphatic rings. The summed E-state index contributed by atoms with van der Waals surface area (Å²) in [6.07, 6.45) is -0.382. The van der Waals surface area contributed by atoms with Gasteiger partial charge >= 0.3 is 0 Å². The van der Waals surface area contributed by atoms with Gasteiger partial charge in [-0.2, -0.15) is 4.39 Å². The number of pyridine rings is 1. The first-order valence-corrected chi connectivity index (χ1v) is 13.4. The lowest BCUT2D eigenvalue weighted by atomic mass is 9.79. The van der Waals surface area contributed by atoms with E-state index in [1.165, 1.54) is 12.1 Å². The maximum absolute atomic E-state index is 13.5. The predicted octanol–water partition coefficient (Wildman–Crippen LogP) is -0.835. The van der Waals surface area contributed by atoms with Crippen LogP contribution in [0.15, 0.2) is 46.4 Å². The van der Waals surface area contributed by atoms with Crippen molar-refractivity contribution >= 4 is 23.7 Å². The van der Waals surface area contributed by atoms with Gasteiger partial charge in [-0.25, -0.2) is 15.0 Å². The minimum atomic E-state index is -1.31. The number of nitrogens with zero attached hydrogens (tertiary/aromatic N) is 4. The van der Waals surface area contributed by atoms with Crippen LogP contribution >= 0.6 is 0 Å². The fourth-order valence-electron chi connectivity index (χ4n) is 6.22. The number of rotatable bonds is 5. The molecule has 6 rings (SSSR count). The number of fused-ring (bicyclic) bond motifs is 1. The molecule has 1 saturated heterocycles. The number of benzene rings is 1. The zero-order valence-electron chi connectivity index (χ0n) is 22.6. The van der Waals surface area contributed by atoms with Crippen molar-refractivity contribution in [1.29, 1.82) is 0 Å². The monoisotopic (exact) mass is 565 g/mol. The molecule has 1 spiro atoms. The fourth-order valence-corrected chi connectivity index (χ4v) is 6.22. The van der Waals surface area contributed by atoms with Crippen LogP contribution in [0.2, 0.25) is 0 Å². The van der Waals surface area contributed by atoms with Crippen LogP contribution in [-0.4, -0.2) is 88.3 Å². The number of aliphatic hydroxyl groups excluding tert-OH is 1. The highest BCUT2D eigenvalue weighted by atomic mass is 19.1. The average Bonchev–Trinajstić information content (AvgIpc) is 3.43. The van der Waals surface area contributed by atoms with Crippen molar-refractivity contribution in [2.45, 2.75) is 55.6 Å². The highest BCUT2D eigenvalue weighted by Crippen LogP contribution is 2.42. The third-order valence-corrected chi connectivity index (χ3v) is 8.35. The van der Waals surface area contributed by atoms with Crippen LogP contribution in [0.3, 0.4) is 0 Å². The normalized spacial score (nSPS) is 29.1. The number of aromatic nitrogens is 1. The third kappa shape index (κ3) is 4.29. The standard InChI is InChI=1S/C27H32FN9O4/c1-26(2)9-10-41-19-13(5-3-6-14(19)26)22(39)33-17-12-37-25(30)34-16(20-27(37,21(17)38)36-24(29)35-20)11-31-23(40)15-7-4-8-18(28)32-15/h3-8,16-17,20-21,38H,9-12H2,1-2H3,(H2,30,34)(H,31,40)(H,33,39)(H3,29,35,36)/t16-,17+,20?,21+,27?/m0/s1. The Bertz CT molecular complexity index is 1480. The van der Waals surface area contributed by atoms with E-state index in [0.29, 0.717) is 17.9 Å². The average molecular weight is 566 g/mol. The van der Waals surface area contributed by atoms with Gasteiger partial charge in [-0.3, -0.25) is 9.59 Å². The Morgan fingerprint density at radius 1 is 1.20 bits per heavy atom. The van der Waals surface area contributed by atoms with Crippen LogP contribution in [0.25, 0.3) is 0 Å². The lowest BCUT2D eigenvalue weighted by Crippen LogP contribution is -2.73. The van der Waals surface area contributed by atoms with Gasteiger partial charge in [0.2, 0.25) is 5.95 Å². The molecule has 5 atom stereocenters. The molecule has 41 heavy (non-hydrogen) atoms. The number of para-hydroxylation sites is 1. The van der Waals surface area contributed by atoms with Crippen molar-refractivity contribution < 1.29 is 23.8 Å². The van der Waals surface area contributed by atoms with E-state index < -0.39 is 47.7 Å². The summed E-state index contributed by atoms with van der Waals surface area (Å²) in [5.74, 6) is -1.10. The molecular weight excluding hydrogens is 533 g/mol. The summed E-state index contributed by atoms with van der Waals surface area (Å²) >= 11 is 0. The molecule has 1 aromatic heterocycles. The molecule has 1 fully saturated rings. The Balaban J connectivity index is 1.23. The van der Waals surface area contributed by atoms with Crippen LogP contribution in [0.1, 0.15) is 46.7 Å². The second kappa shape index (κ2) is 9.58. The predicted molar refractivity (Wildman–Crippen MR) is 147 cm³/mol. The van der Waals surface area contributed by atoms with Crippen molar-refractivity contribution in [2.24, 2.45) is 21.5 Å². The number of hydrogen-bond donors (Lipinski definition) is 6. The number of amides is 2. The van der Waals surface area contributed by atoms with Crippen molar-refractivity contribution in [3.05, 3.63) is 59.2 Å². The van der Waals surface area contributed by atoms with E-state index in [2.05, 4.69) is 44.8 Å². The maximum Gasteiger partial charge on any atom is 0.270 e. The van der Waals surface area contributed by atoms with E-state index >= 15 is 0 Å². The number of guanidine groups is 2. The smallest absolute Gasteiger partial charge is 0.270 e. The summed E-state index contributed by atoms with van der Waals surface area (Å²) in [6, 6.07) is 7.13. The number of nitrogens with one attached hydrogen (secondary N) is 3. The molecule has 0 saturated carbocycles. The first kappa shape index (κ1) is 26.7. The Morgan fingerprint density at radius 3 is 2.76 bits per heavy atom. The molecule has 1 aromatic carbocycles. The lowest BCUT2D eigenvalue weighted by molar-refractivity contribution is 0.0143. The summed E-state index contributed by atoms with van der Waals surface area (Å²) in [6.45, 7) is 4.81. The highest BCUT2D eigenvalue weighted by Gasteiger charge is 2.65. The summed E-state index contributed by atoms with van der Waals surface area (Å²) < 4.78 is 19.4. The van der Waals surface area contributed by atoms with Gasteiger partial charge in [0.05, 0.1) is 24.3 Å². The van der Waals surface area contributed by atoms with E-state index in [1.54, 1.807) is 11.0 Å². The third-order valence-electron chi connectivity index (χ3n) is 8.35. The molecule has 0 radical (unpaired) electrons. The number of carbonyl (C=O) groups excluding carboxylic acids is 2. The number of halogens is 1.